The molecule has 0 spiro atoms. The fourth-order valence-electron chi connectivity index (χ4n) is 2.21. The van der Waals surface area contributed by atoms with Crippen molar-refractivity contribution in [1.82, 2.24) is 24.7 Å². The Morgan fingerprint density at radius 2 is 2.00 bits per heavy atom. The lowest BCUT2D eigenvalue weighted by molar-refractivity contribution is 0.602. The minimum Gasteiger partial charge on any atom is -0.306 e. The molecule has 0 unspecified atom stereocenters. The quantitative estimate of drug-likeness (QED) is 0.666. The predicted molar refractivity (Wildman–Crippen MR) is 87.2 cm³/mol. The lowest BCUT2D eigenvalue weighted by Gasteiger charge is -2.07. The molecule has 0 amide bonds. The molecule has 9 heteroatoms. The molecule has 0 saturated heterocycles. The summed E-state index contributed by atoms with van der Waals surface area (Å²) in [7, 11) is -3.29. The maximum atomic E-state index is 11.8. The average Bonchev–Trinajstić information content (AvgIpc) is 2.86. The van der Waals surface area contributed by atoms with Gasteiger partial charge in [-0.15, -0.1) is 10.2 Å². The van der Waals surface area contributed by atoms with Gasteiger partial charge in [0.2, 0.25) is 0 Å². The van der Waals surface area contributed by atoms with E-state index >= 15 is 0 Å². The summed E-state index contributed by atoms with van der Waals surface area (Å²) in [4.78, 5) is 8.72. The Balaban J connectivity index is 2.13. The Morgan fingerprint density at radius 1 is 1.22 bits per heavy atom. The van der Waals surface area contributed by atoms with Crippen LogP contribution in [0, 0.1) is 6.92 Å². The highest BCUT2D eigenvalue weighted by molar-refractivity contribution is 7.99. The second-order valence-corrected chi connectivity index (χ2v) is 7.98. The zero-order chi connectivity index (χ0) is 16.6. The Labute approximate surface area is 138 Å². The van der Waals surface area contributed by atoms with E-state index in [1.54, 1.807) is 18.2 Å². The zero-order valence-electron chi connectivity index (χ0n) is 12.9. The smallest absolute Gasteiger partial charge is 0.197 e. The lowest BCUT2D eigenvalue weighted by atomic mass is 10.2. The molecule has 7 nitrogen and oxygen atoms in total. The summed E-state index contributed by atoms with van der Waals surface area (Å²) in [5.41, 5.74) is 0.689. The van der Waals surface area contributed by atoms with Crippen molar-refractivity contribution in [1.29, 1.82) is 0 Å². The Bertz CT molecular complexity index is 982. The molecule has 0 bridgehead atoms. The number of hydrogen-bond acceptors (Lipinski definition) is 7. The molecule has 0 fully saturated rings. The van der Waals surface area contributed by atoms with Crippen LogP contribution >= 0.6 is 11.8 Å². The fourth-order valence-corrected chi connectivity index (χ4v) is 3.86. The van der Waals surface area contributed by atoms with Gasteiger partial charge in [0.05, 0.1) is 10.4 Å². The molecule has 0 aliphatic carbocycles. The van der Waals surface area contributed by atoms with Gasteiger partial charge in [-0.25, -0.2) is 18.4 Å². The van der Waals surface area contributed by atoms with Crippen LogP contribution in [0.3, 0.4) is 0 Å². The summed E-state index contributed by atoms with van der Waals surface area (Å²) in [6.07, 6.45) is 2.64. The van der Waals surface area contributed by atoms with Crippen LogP contribution in [0.4, 0.5) is 0 Å². The van der Waals surface area contributed by atoms with E-state index in [1.165, 1.54) is 24.3 Å². The van der Waals surface area contributed by atoms with E-state index in [1.807, 2.05) is 18.4 Å². The molecule has 0 N–H and O–H groups in total. The molecule has 0 saturated carbocycles. The van der Waals surface area contributed by atoms with Crippen LogP contribution in [0.15, 0.2) is 39.6 Å². The number of rotatable bonds is 4. The Morgan fingerprint density at radius 3 is 2.70 bits per heavy atom. The zero-order valence-corrected chi connectivity index (χ0v) is 14.5. The number of sulfone groups is 1. The SMILES string of the molecule is CCn1c(C)nnc1Sc1ncnc2ccc(S(C)(=O)=O)cc12. The predicted octanol–water partition coefficient (Wildman–Crippen LogP) is 2.10. The number of fused-ring (bicyclic) bond motifs is 1. The Hall–Kier alpha value is -2.00. The molecule has 0 radical (unpaired) electrons. The first-order chi connectivity index (χ1) is 10.9. The average molecular weight is 349 g/mol. The van der Waals surface area contributed by atoms with Gasteiger partial charge >= 0.3 is 0 Å². The summed E-state index contributed by atoms with van der Waals surface area (Å²) >= 11 is 1.35. The van der Waals surface area contributed by atoms with Crippen LogP contribution in [0.1, 0.15) is 12.7 Å². The molecule has 2 heterocycles. The van der Waals surface area contributed by atoms with Gasteiger partial charge in [-0.05, 0) is 43.8 Å². The maximum absolute atomic E-state index is 11.8. The van der Waals surface area contributed by atoms with Crippen molar-refractivity contribution in [3.8, 4) is 0 Å². The van der Waals surface area contributed by atoms with E-state index in [0.717, 1.165) is 17.5 Å². The van der Waals surface area contributed by atoms with Gasteiger partial charge in [0.25, 0.3) is 0 Å². The third-order valence-corrected chi connectivity index (χ3v) is 5.52. The third kappa shape index (κ3) is 3.06. The number of aromatic nitrogens is 5. The molecule has 120 valence electrons. The lowest BCUT2D eigenvalue weighted by Crippen LogP contribution is -2.00. The largest absolute Gasteiger partial charge is 0.306 e. The molecule has 0 aliphatic rings. The normalized spacial score (nSPS) is 12.0. The van der Waals surface area contributed by atoms with Crippen LogP contribution in [0.25, 0.3) is 10.9 Å². The van der Waals surface area contributed by atoms with Gasteiger partial charge in [-0.1, -0.05) is 0 Å². The van der Waals surface area contributed by atoms with Crippen molar-refractivity contribution in [3.63, 3.8) is 0 Å². The highest BCUT2D eigenvalue weighted by Gasteiger charge is 2.15. The summed E-state index contributed by atoms with van der Waals surface area (Å²) in [5.74, 6) is 0.824. The maximum Gasteiger partial charge on any atom is 0.197 e. The molecule has 2 aromatic heterocycles. The van der Waals surface area contributed by atoms with Gasteiger partial charge in [0, 0.05) is 18.2 Å². The van der Waals surface area contributed by atoms with Gasteiger partial charge in [-0.3, -0.25) is 0 Å². The number of hydrogen-bond donors (Lipinski definition) is 0. The van der Waals surface area contributed by atoms with Crippen molar-refractivity contribution in [2.24, 2.45) is 0 Å². The molecule has 3 rings (SSSR count). The van der Waals surface area contributed by atoms with E-state index in [0.29, 0.717) is 15.9 Å². The molecule has 23 heavy (non-hydrogen) atoms. The van der Waals surface area contributed by atoms with Crippen LogP contribution < -0.4 is 0 Å². The van der Waals surface area contributed by atoms with Crippen molar-refractivity contribution in [3.05, 3.63) is 30.4 Å². The molecule has 3 aromatic rings. The molecular formula is C14H15N5O2S2. The van der Waals surface area contributed by atoms with Gasteiger partial charge in [0.1, 0.15) is 17.2 Å². The van der Waals surface area contributed by atoms with Crippen molar-refractivity contribution < 1.29 is 8.42 Å². The standard InChI is InChI=1S/C14H15N5O2S2/c1-4-19-9(2)17-18-14(19)22-13-11-7-10(23(3,20)21)5-6-12(11)15-8-16-13/h5-8H,4H2,1-3H3. The van der Waals surface area contributed by atoms with Crippen LogP contribution in [-0.4, -0.2) is 39.4 Å². The van der Waals surface area contributed by atoms with E-state index in [-0.39, 0.29) is 4.90 Å². The van der Waals surface area contributed by atoms with E-state index in [9.17, 15) is 8.42 Å². The van der Waals surface area contributed by atoms with Gasteiger partial charge in [0.15, 0.2) is 15.0 Å². The monoisotopic (exact) mass is 349 g/mol. The first-order valence-electron chi connectivity index (χ1n) is 6.92. The number of nitrogens with zero attached hydrogens (tertiary/aromatic N) is 5. The van der Waals surface area contributed by atoms with Crippen LogP contribution in [-0.2, 0) is 16.4 Å². The highest BCUT2D eigenvalue weighted by Crippen LogP contribution is 2.31. The fraction of sp³-hybridized carbons (Fsp3) is 0.286. The number of aryl methyl sites for hydroxylation is 1. The van der Waals surface area contributed by atoms with Crippen LogP contribution in [0.2, 0.25) is 0 Å². The second kappa shape index (κ2) is 5.89. The molecular weight excluding hydrogens is 334 g/mol. The van der Waals surface area contributed by atoms with E-state index < -0.39 is 9.84 Å². The van der Waals surface area contributed by atoms with Gasteiger partial charge in [-0.2, -0.15) is 0 Å². The van der Waals surface area contributed by atoms with Gasteiger partial charge < -0.3 is 4.57 Å². The first kappa shape index (κ1) is 15.9. The highest BCUT2D eigenvalue weighted by atomic mass is 32.2. The van der Waals surface area contributed by atoms with Crippen molar-refractivity contribution >= 4 is 32.5 Å². The molecule has 1 aromatic carbocycles. The summed E-state index contributed by atoms with van der Waals surface area (Å²) in [6.45, 7) is 4.65. The molecule has 0 atom stereocenters. The topological polar surface area (TPSA) is 90.6 Å². The Kier molecular flexibility index (Phi) is 4.07. The minimum absolute atomic E-state index is 0.245. The summed E-state index contributed by atoms with van der Waals surface area (Å²) in [5, 5.41) is 10.3. The number of benzene rings is 1. The van der Waals surface area contributed by atoms with E-state index in [4.69, 9.17) is 0 Å². The summed E-state index contributed by atoms with van der Waals surface area (Å²) < 4.78 is 25.5. The van der Waals surface area contributed by atoms with Crippen molar-refractivity contribution in [2.45, 2.75) is 35.5 Å². The summed E-state index contributed by atoms with van der Waals surface area (Å²) in [6, 6.07) is 4.84. The minimum atomic E-state index is -3.29. The third-order valence-electron chi connectivity index (χ3n) is 3.40. The van der Waals surface area contributed by atoms with E-state index in [2.05, 4.69) is 20.2 Å². The molecule has 0 aliphatic heterocycles. The van der Waals surface area contributed by atoms with Crippen molar-refractivity contribution in [2.75, 3.05) is 6.26 Å². The van der Waals surface area contributed by atoms with Crippen LogP contribution in [0.5, 0.6) is 0 Å². The second-order valence-electron chi connectivity index (χ2n) is 5.01. The first-order valence-corrected chi connectivity index (χ1v) is 9.63.